The second-order valence-electron chi connectivity index (χ2n) is 5.36. The summed E-state index contributed by atoms with van der Waals surface area (Å²) >= 11 is 1.35. The average molecular weight is 333 g/mol. The first-order valence-corrected chi connectivity index (χ1v) is 8.60. The lowest BCUT2D eigenvalue weighted by Crippen LogP contribution is -2.40. The van der Waals surface area contributed by atoms with E-state index in [9.17, 15) is 14.3 Å². The molecular formula is C18H20FNO2S. The Kier molecular flexibility index (Phi) is 6.19. The fourth-order valence-electron chi connectivity index (χ4n) is 2.42. The van der Waals surface area contributed by atoms with Crippen molar-refractivity contribution in [3.8, 4) is 0 Å². The van der Waals surface area contributed by atoms with Gasteiger partial charge in [-0.25, -0.2) is 4.39 Å². The summed E-state index contributed by atoms with van der Waals surface area (Å²) in [5.41, 5.74) is 1.68. The topological polar surface area (TPSA) is 49.3 Å². The van der Waals surface area contributed by atoms with E-state index >= 15 is 0 Å². The van der Waals surface area contributed by atoms with Gasteiger partial charge in [0.1, 0.15) is 11.9 Å². The summed E-state index contributed by atoms with van der Waals surface area (Å²) in [6.07, 6.45) is 2.20. The lowest BCUT2D eigenvalue weighted by atomic mass is 10.0. The van der Waals surface area contributed by atoms with Crippen molar-refractivity contribution in [1.82, 2.24) is 5.32 Å². The van der Waals surface area contributed by atoms with Crippen LogP contribution >= 0.6 is 11.8 Å². The third-order valence-corrected chi connectivity index (χ3v) is 4.48. The molecular weight excluding hydrogens is 313 g/mol. The van der Waals surface area contributed by atoms with Crippen molar-refractivity contribution in [1.29, 1.82) is 0 Å². The summed E-state index contributed by atoms with van der Waals surface area (Å²) in [5.74, 6) is -1.19. The molecule has 0 aromatic heterocycles. The van der Waals surface area contributed by atoms with Gasteiger partial charge in [0.25, 0.3) is 0 Å². The van der Waals surface area contributed by atoms with Crippen LogP contribution in [0.3, 0.4) is 0 Å². The van der Waals surface area contributed by atoms with Crippen molar-refractivity contribution in [2.45, 2.75) is 30.3 Å². The standard InChI is InChI=1S/C18H20FNO2S/c1-12(14-8-9-17(23-2)15(19)11-14)20-16(18(21)22)10-13-6-4-3-5-7-13/h3-9,11-12,16,20H,10H2,1-2H3,(H,21,22)/t12?,16-/m1/s1. The van der Waals surface area contributed by atoms with Crippen molar-refractivity contribution >= 4 is 17.7 Å². The fraction of sp³-hybridized carbons (Fsp3) is 0.278. The Morgan fingerprint density at radius 1 is 1.26 bits per heavy atom. The van der Waals surface area contributed by atoms with Gasteiger partial charge in [-0.1, -0.05) is 36.4 Å². The maximum atomic E-state index is 13.9. The molecule has 122 valence electrons. The third-order valence-electron chi connectivity index (χ3n) is 3.71. The SMILES string of the molecule is CSc1ccc(C(C)N[C@H](Cc2ccccc2)C(=O)O)cc1F. The van der Waals surface area contributed by atoms with E-state index < -0.39 is 12.0 Å². The van der Waals surface area contributed by atoms with E-state index in [1.54, 1.807) is 6.07 Å². The number of carboxylic acid groups (broad SMARTS) is 1. The predicted molar refractivity (Wildman–Crippen MR) is 91.3 cm³/mol. The van der Waals surface area contributed by atoms with Gasteiger partial charge >= 0.3 is 5.97 Å². The highest BCUT2D eigenvalue weighted by molar-refractivity contribution is 7.98. The van der Waals surface area contributed by atoms with Gasteiger partial charge in [0.15, 0.2) is 0 Å². The van der Waals surface area contributed by atoms with Crippen LogP contribution in [0.25, 0.3) is 0 Å². The van der Waals surface area contributed by atoms with Crippen LogP contribution in [0.5, 0.6) is 0 Å². The molecule has 0 saturated heterocycles. The highest BCUT2D eigenvalue weighted by atomic mass is 32.2. The van der Waals surface area contributed by atoms with E-state index in [0.29, 0.717) is 11.3 Å². The minimum atomic E-state index is -0.915. The molecule has 0 fully saturated rings. The largest absolute Gasteiger partial charge is 0.480 e. The Hall–Kier alpha value is -1.85. The summed E-state index contributed by atoms with van der Waals surface area (Å²) in [6, 6.07) is 13.5. The molecule has 23 heavy (non-hydrogen) atoms. The van der Waals surface area contributed by atoms with E-state index in [1.807, 2.05) is 49.6 Å². The Balaban J connectivity index is 2.10. The zero-order chi connectivity index (χ0) is 16.8. The maximum absolute atomic E-state index is 13.9. The number of rotatable bonds is 7. The molecule has 3 nitrogen and oxygen atoms in total. The lowest BCUT2D eigenvalue weighted by Gasteiger charge is -2.21. The first-order chi connectivity index (χ1) is 11.0. The van der Waals surface area contributed by atoms with Crippen molar-refractivity contribution in [3.63, 3.8) is 0 Å². The molecule has 0 heterocycles. The summed E-state index contributed by atoms with van der Waals surface area (Å²) in [5, 5.41) is 12.5. The summed E-state index contributed by atoms with van der Waals surface area (Å²) in [4.78, 5) is 12.1. The molecule has 2 rings (SSSR count). The molecule has 2 N–H and O–H groups in total. The first kappa shape index (κ1) is 17.5. The fourth-order valence-corrected chi connectivity index (χ4v) is 2.88. The van der Waals surface area contributed by atoms with E-state index in [1.165, 1.54) is 17.8 Å². The van der Waals surface area contributed by atoms with Crippen LogP contribution in [0.4, 0.5) is 4.39 Å². The number of nitrogens with one attached hydrogen (secondary N) is 1. The highest BCUT2D eigenvalue weighted by Crippen LogP contribution is 2.23. The van der Waals surface area contributed by atoms with Crippen LogP contribution in [0.2, 0.25) is 0 Å². The predicted octanol–water partition coefficient (Wildman–Crippen LogP) is 3.89. The number of hydrogen-bond donors (Lipinski definition) is 2. The molecule has 1 unspecified atom stereocenters. The molecule has 0 aliphatic rings. The van der Waals surface area contributed by atoms with Gasteiger partial charge in [0.05, 0.1) is 0 Å². The number of halogens is 1. The number of aliphatic carboxylic acids is 1. The molecule has 0 radical (unpaired) electrons. The molecule has 5 heteroatoms. The molecule has 0 saturated carbocycles. The van der Waals surface area contributed by atoms with Gasteiger partial charge in [-0.05, 0) is 42.9 Å². The van der Waals surface area contributed by atoms with Crippen LogP contribution in [-0.4, -0.2) is 23.4 Å². The van der Waals surface area contributed by atoms with E-state index in [4.69, 9.17) is 0 Å². The van der Waals surface area contributed by atoms with Crippen molar-refractivity contribution in [3.05, 3.63) is 65.5 Å². The summed E-state index contributed by atoms with van der Waals surface area (Å²) in [7, 11) is 0. The lowest BCUT2D eigenvalue weighted by molar-refractivity contribution is -0.139. The second kappa shape index (κ2) is 8.13. The van der Waals surface area contributed by atoms with Crippen LogP contribution in [0.15, 0.2) is 53.4 Å². The van der Waals surface area contributed by atoms with Gasteiger partial charge in [0.2, 0.25) is 0 Å². The monoisotopic (exact) mass is 333 g/mol. The van der Waals surface area contributed by atoms with E-state index in [2.05, 4.69) is 5.32 Å². The minimum Gasteiger partial charge on any atom is -0.480 e. The van der Waals surface area contributed by atoms with Crippen molar-refractivity contribution < 1.29 is 14.3 Å². The maximum Gasteiger partial charge on any atom is 0.321 e. The van der Waals surface area contributed by atoms with Crippen LogP contribution in [0.1, 0.15) is 24.1 Å². The number of thioether (sulfide) groups is 1. The molecule has 2 aromatic rings. The molecule has 0 bridgehead atoms. The number of carbonyl (C=O) groups is 1. The Morgan fingerprint density at radius 3 is 2.52 bits per heavy atom. The smallest absolute Gasteiger partial charge is 0.321 e. The highest BCUT2D eigenvalue weighted by Gasteiger charge is 2.21. The first-order valence-electron chi connectivity index (χ1n) is 7.37. The Bertz CT molecular complexity index is 663. The zero-order valence-corrected chi connectivity index (χ0v) is 13.9. The van der Waals surface area contributed by atoms with Gasteiger partial charge in [-0.2, -0.15) is 0 Å². The van der Waals surface area contributed by atoms with E-state index in [-0.39, 0.29) is 11.9 Å². The second-order valence-corrected chi connectivity index (χ2v) is 6.21. The molecule has 2 aromatic carbocycles. The number of benzene rings is 2. The van der Waals surface area contributed by atoms with Gasteiger partial charge in [-0.15, -0.1) is 11.8 Å². The Morgan fingerprint density at radius 2 is 1.96 bits per heavy atom. The van der Waals surface area contributed by atoms with Crippen LogP contribution < -0.4 is 5.32 Å². The zero-order valence-electron chi connectivity index (χ0n) is 13.1. The summed E-state index contributed by atoms with van der Waals surface area (Å²) in [6.45, 7) is 1.84. The van der Waals surface area contributed by atoms with Crippen molar-refractivity contribution in [2.24, 2.45) is 0 Å². The average Bonchev–Trinajstić information content (AvgIpc) is 2.55. The molecule has 2 atom stereocenters. The summed E-state index contributed by atoms with van der Waals surface area (Å²) < 4.78 is 13.9. The molecule has 0 spiro atoms. The Labute approximate surface area is 139 Å². The minimum absolute atomic E-state index is 0.259. The van der Waals surface area contributed by atoms with Gasteiger partial charge < -0.3 is 5.11 Å². The van der Waals surface area contributed by atoms with Gasteiger partial charge in [0, 0.05) is 10.9 Å². The third kappa shape index (κ3) is 4.81. The van der Waals surface area contributed by atoms with E-state index in [0.717, 1.165) is 11.1 Å². The number of hydrogen-bond acceptors (Lipinski definition) is 3. The molecule has 0 amide bonds. The van der Waals surface area contributed by atoms with Crippen molar-refractivity contribution in [2.75, 3.05) is 6.26 Å². The molecule has 0 aliphatic heterocycles. The van der Waals surface area contributed by atoms with Gasteiger partial charge in [-0.3, -0.25) is 10.1 Å². The number of carboxylic acids is 1. The van der Waals surface area contributed by atoms with Crippen LogP contribution in [-0.2, 0) is 11.2 Å². The van der Waals surface area contributed by atoms with Crippen LogP contribution in [0, 0.1) is 5.82 Å². The molecule has 0 aliphatic carbocycles. The quantitative estimate of drug-likeness (QED) is 0.755. The normalized spacial score (nSPS) is 13.5.